The fourth-order valence-corrected chi connectivity index (χ4v) is 3.82. The second kappa shape index (κ2) is 7.13. The van der Waals surface area contributed by atoms with Crippen molar-refractivity contribution < 1.29 is 19.1 Å². The van der Waals surface area contributed by atoms with Crippen LogP contribution in [0.4, 0.5) is 5.95 Å². The number of benzene rings is 1. The summed E-state index contributed by atoms with van der Waals surface area (Å²) in [5, 5.41) is 8.78. The van der Waals surface area contributed by atoms with Crippen molar-refractivity contribution in [3.05, 3.63) is 46.0 Å². The Morgan fingerprint density at radius 3 is 2.79 bits per heavy atom. The SMILES string of the molecule is COCCCN1C(=O)c2ccc(C(=O)Nc3nc4scc(C)n4n3)cc2C1=O. The Morgan fingerprint density at radius 2 is 2.04 bits per heavy atom. The zero-order chi connectivity index (χ0) is 19.8. The molecule has 4 rings (SSSR count). The number of aromatic nitrogens is 3. The first-order valence-corrected chi connectivity index (χ1v) is 9.49. The first-order valence-electron chi connectivity index (χ1n) is 8.61. The van der Waals surface area contributed by atoms with Gasteiger partial charge in [-0.3, -0.25) is 24.6 Å². The predicted molar refractivity (Wildman–Crippen MR) is 102 cm³/mol. The number of carbonyl (C=O) groups excluding carboxylic acids is 3. The molecule has 3 aromatic rings. The van der Waals surface area contributed by atoms with Crippen molar-refractivity contribution in [2.45, 2.75) is 13.3 Å². The van der Waals surface area contributed by atoms with Crippen LogP contribution in [0.15, 0.2) is 23.6 Å². The van der Waals surface area contributed by atoms with Gasteiger partial charge in [-0.1, -0.05) is 0 Å². The predicted octanol–water partition coefficient (Wildman–Crippen LogP) is 1.98. The van der Waals surface area contributed by atoms with Gasteiger partial charge in [0, 0.05) is 31.2 Å². The van der Waals surface area contributed by atoms with E-state index >= 15 is 0 Å². The molecule has 0 saturated carbocycles. The van der Waals surface area contributed by atoms with Crippen molar-refractivity contribution in [1.82, 2.24) is 19.5 Å². The average molecular weight is 399 g/mol. The highest BCUT2D eigenvalue weighted by molar-refractivity contribution is 7.15. The fraction of sp³-hybridized carbons (Fsp3) is 0.278. The van der Waals surface area contributed by atoms with Gasteiger partial charge in [-0.05, 0) is 31.5 Å². The molecule has 28 heavy (non-hydrogen) atoms. The number of anilines is 1. The van der Waals surface area contributed by atoms with Gasteiger partial charge in [-0.2, -0.15) is 4.98 Å². The van der Waals surface area contributed by atoms with E-state index in [4.69, 9.17) is 4.74 Å². The Hall–Kier alpha value is -3.11. The van der Waals surface area contributed by atoms with Crippen molar-refractivity contribution in [2.75, 3.05) is 25.6 Å². The zero-order valence-electron chi connectivity index (χ0n) is 15.3. The highest BCUT2D eigenvalue weighted by atomic mass is 32.1. The van der Waals surface area contributed by atoms with Gasteiger partial charge in [0.2, 0.25) is 4.96 Å². The van der Waals surface area contributed by atoms with Crippen molar-refractivity contribution in [2.24, 2.45) is 0 Å². The van der Waals surface area contributed by atoms with Crippen LogP contribution in [0.3, 0.4) is 0 Å². The lowest BCUT2D eigenvalue weighted by Gasteiger charge is -2.12. The normalized spacial score (nSPS) is 13.4. The van der Waals surface area contributed by atoms with E-state index in [2.05, 4.69) is 15.4 Å². The summed E-state index contributed by atoms with van der Waals surface area (Å²) in [7, 11) is 1.56. The van der Waals surface area contributed by atoms with E-state index in [0.29, 0.717) is 23.6 Å². The molecule has 0 spiro atoms. The number of methoxy groups -OCH3 is 1. The minimum absolute atomic E-state index is 0.184. The topological polar surface area (TPSA) is 106 Å². The molecule has 0 bridgehead atoms. The molecule has 2 aromatic heterocycles. The van der Waals surface area contributed by atoms with Crippen LogP contribution in [0.2, 0.25) is 0 Å². The Bertz CT molecular complexity index is 1100. The molecule has 0 aliphatic carbocycles. The monoisotopic (exact) mass is 399 g/mol. The third kappa shape index (κ3) is 3.06. The smallest absolute Gasteiger partial charge is 0.261 e. The number of fused-ring (bicyclic) bond motifs is 2. The number of ether oxygens (including phenoxy) is 1. The molecule has 1 N–H and O–H groups in total. The van der Waals surface area contributed by atoms with Crippen LogP contribution in [0.25, 0.3) is 4.96 Å². The van der Waals surface area contributed by atoms with Crippen molar-refractivity contribution in [3.63, 3.8) is 0 Å². The second-order valence-corrected chi connectivity index (χ2v) is 7.17. The van der Waals surface area contributed by atoms with Gasteiger partial charge in [0.25, 0.3) is 23.7 Å². The van der Waals surface area contributed by atoms with Gasteiger partial charge in [0.1, 0.15) is 0 Å². The van der Waals surface area contributed by atoms with Gasteiger partial charge in [-0.15, -0.1) is 16.4 Å². The summed E-state index contributed by atoms with van der Waals surface area (Å²) in [6.07, 6.45) is 0.553. The molecule has 0 fully saturated rings. The molecule has 9 nitrogen and oxygen atoms in total. The summed E-state index contributed by atoms with van der Waals surface area (Å²) in [5.74, 6) is -1.02. The second-order valence-electron chi connectivity index (χ2n) is 6.33. The Labute approximate surface area is 163 Å². The van der Waals surface area contributed by atoms with Crippen LogP contribution >= 0.6 is 11.3 Å². The lowest BCUT2D eigenvalue weighted by atomic mass is 10.1. The maximum absolute atomic E-state index is 12.6. The van der Waals surface area contributed by atoms with E-state index in [0.717, 1.165) is 5.69 Å². The van der Waals surface area contributed by atoms with E-state index in [1.54, 1.807) is 11.6 Å². The quantitative estimate of drug-likeness (QED) is 0.502. The zero-order valence-corrected chi connectivity index (χ0v) is 16.1. The summed E-state index contributed by atoms with van der Waals surface area (Å²) in [4.78, 5) is 43.6. The lowest BCUT2D eigenvalue weighted by Crippen LogP contribution is -2.31. The molecular weight excluding hydrogens is 382 g/mol. The highest BCUT2D eigenvalue weighted by Gasteiger charge is 2.35. The van der Waals surface area contributed by atoms with Crippen LogP contribution in [0.1, 0.15) is 43.2 Å². The average Bonchev–Trinajstić information content (AvgIpc) is 3.31. The van der Waals surface area contributed by atoms with Gasteiger partial charge in [0.15, 0.2) is 0 Å². The van der Waals surface area contributed by atoms with E-state index in [-0.39, 0.29) is 29.5 Å². The standard InChI is InChI=1S/C18H17N5O4S/c1-10-9-28-18-20-17(21-23(10)18)19-14(24)11-4-5-12-13(8-11)16(26)22(15(12)25)6-3-7-27-2/h4-5,8-9H,3,6-7H2,1-2H3,(H,19,21,24). The number of rotatable bonds is 6. The number of carbonyl (C=O) groups is 3. The summed E-state index contributed by atoms with van der Waals surface area (Å²) < 4.78 is 6.61. The van der Waals surface area contributed by atoms with E-state index < -0.39 is 11.8 Å². The number of hydrogen-bond acceptors (Lipinski definition) is 7. The molecule has 10 heteroatoms. The summed E-state index contributed by atoms with van der Waals surface area (Å²) >= 11 is 1.42. The first kappa shape index (κ1) is 18.3. The summed E-state index contributed by atoms with van der Waals surface area (Å²) in [5.41, 5.74) is 1.71. The maximum Gasteiger partial charge on any atom is 0.261 e. The number of imide groups is 1. The number of nitrogens with one attached hydrogen (secondary N) is 1. The molecule has 1 aromatic carbocycles. The van der Waals surface area contributed by atoms with E-state index in [9.17, 15) is 14.4 Å². The molecule has 0 atom stereocenters. The van der Waals surface area contributed by atoms with Crippen LogP contribution in [0.5, 0.6) is 0 Å². The molecule has 1 aliphatic heterocycles. The van der Waals surface area contributed by atoms with E-state index in [1.807, 2.05) is 12.3 Å². The van der Waals surface area contributed by atoms with Gasteiger partial charge in [-0.25, -0.2) is 4.52 Å². The van der Waals surface area contributed by atoms with Crippen LogP contribution in [-0.2, 0) is 4.74 Å². The number of nitrogens with zero attached hydrogens (tertiary/aromatic N) is 4. The molecule has 3 heterocycles. The van der Waals surface area contributed by atoms with E-state index in [1.165, 1.54) is 34.4 Å². The Morgan fingerprint density at radius 1 is 1.25 bits per heavy atom. The first-order chi connectivity index (χ1) is 13.5. The molecule has 0 unspecified atom stereocenters. The van der Waals surface area contributed by atoms with Crippen LogP contribution in [-0.4, -0.2) is 57.5 Å². The Kier molecular flexibility index (Phi) is 4.65. The molecule has 1 aliphatic rings. The van der Waals surface area contributed by atoms with Gasteiger partial charge in [0.05, 0.1) is 16.8 Å². The molecular formula is C18H17N5O4S. The number of thiazole rings is 1. The maximum atomic E-state index is 12.6. The minimum atomic E-state index is -0.447. The fourth-order valence-electron chi connectivity index (χ4n) is 3.02. The van der Waals surface area contributed by atoms with Gasteiger partial charge >= 0.3 is 0 Å². The third-order valence-electron chi connectivity index (χ3n) is 4.43. The molecule has 3 amide bonds. The third-order valence-corrected chi connectivity index (χ3v) is 5.37. The van der Waals surface area contributed by atoms with Crippen molar-refractivity contribution in [1.29, 1.82) is 0 Å². The number of hydrogen-bond donors (Lipinski definition) is 1. The summed E-state index contributed by atoms with van der Waals surface area (Å²) in [6.45, 7) is 2.62. The molecule has 144 valence electrons. The number of aryl methyl sites for hydroxylation is 1. The number of amides is 3. The summed E-state index contributed by atoms with van der Waals surface area (Å²) in [6, 6.07) is 4.46. The Balaban J connectivity index is 1.53. The molecule has 0 saturated heterocycles. The van der Waals surface area contributed by atoms with Crippen molar-refractivity contribution >= 4 is 40.0 Å². The van der Waals surface area contributed by atoms with Crippen LogP contribution in [0, 0.1) is 6.92 Å². The molecule has 0 radical (unpaired) electrons. The van der Waals surface area contributed by atoms with Crippen molar-refractivity contribution in [3.8, 4) is 0 Å². The minimum Gasteiger partial charge on any atom is -0.385 e. The lowest BCUT2D eigenvalue weighted by molar-refractivity contribution is 0.0638. The largest absolute Gasteiger partial charge is 0.385 e. The van der Waals surface area contributed by atoms with Crippen LogP contribution < -0.4 is 5.32 Å². The van der Waals surface area contributed by atoms with Gasteiger partial charge < -0.3 is 4.74 Å². The highest BCUT2D eigenvalue weighted by Crippen LogP contribution is 2.25.